The van der Waals surface area contributed by atoms with Gasteiger partial charge in [-0.1, -0.05) is 12.1 Å². The van der Waals surface area contributed by atoms with E-state index in [1.807, 2.05) is 45.0 Å². The molecule has 202 valence electrons. The molecule has 2 aromatic carbocycles. The summed E-state index contributed by atoms with van der Waals surface area (Å²) in [5, 5.41) is 12.1. The van der Waals surface area contributed by atoms with Crippen LogP contribution in [0.25, 0.3) is 0 Å². The highest BCUT2D eigenvalue weighted by molar-refractivity contribution is 7.91. The lowest BCUT2D eigenvalue weighted by Gasteiger charge is -2.23. The monoisotopic (exact) mass is 552 g/mol. The summed E-state index contributed by atoms with van der Waals surface area (Å²) >= 11 is 0. The third-order valence-electron chi connectivity index (χ3n) is 6.74. The maximum Gasteiger partial charge on any atom is 0.259 e. The lowest BCUT2D eigenvalue weighted by Crippen LogP contribution is -2.22. The van der Waals surface area contributed by atoms with E-state index in [0.29, 0.717) is 17.4 Å². The zero-order valence-corrected chi connectivity index (χ0v) is 23.2. The van der Waals surface area contributed by atoms with Crippen molar-refractivity contribution in [1.82, 2.24) is 9.97 Å². The first-order valence-electron chi connectivity index (χ1n) is 12.7. The largest absolute Gasteiger partial charge is 0.398 e. The Bertz CT molecular complexity index is 1770. The second-order valence-corrected chi connectivity index (χ2v) is 11.8. The Morgan fingerprint density at radius 3 is 2.35 bits per heavy atom. The molecule has 1 aliphatic carbocycles. The molecular formula is C30H28N6O3S. The Morgan fingerprint density at radius 1 is 0.975 bits per heavy atom. The zero-order chi connectivity index (χ0) is 28.6. The molecule has 1 amide bonds. The van der Waals surface area contributed by atoms with Crippen molar-refractivity contribution < 1.29 is 13.2 Å². The van der Waals surface area contributed by atoms with Crippen LogP contribution in [0.15, 0.2) is 76.8 Å². The number of sulfone groups is 1. The van der Waals surface area contributed by atoms with E-state index in [-0.39, 0.29) is 26.9 Å². The maximum atomic E-state index is 12.7. The van der Waals surface area contributed by atoms with E-state index in [1.165, 1.54) is 18.2 Å². The fraction of sp³-hybridized carbons (Fsp3) is 0.200. The number of hydrogen-bond acceptors (Lipinski definition) is 8. The van der Waals surface area contributed by atoms with Crippen molar-refractivity contribution in [1.29, 1.82) is 5.26 Å². The van der Waals surface area contributed by atoms with Crippen molar-refractivity contribution in [3.05, 3.63) is 94.8 Å². The number of anilines is 4. The molecule has 2 aromatic heterocycles. The lowest BCUT2D eigenvalue weighted by molar-refractivity contribution is 0.102. The van der Waals surface area contributed by atoms with Crippen LogP contribution in [0.4, 0.5) is 23.0 Å². The Hall–Kier alpha value is -4.75. The van der Waals surface area contributed by atoms with Crippen molar-refractivity contribution in [2.75, 3.05) is 16.0 Å². The molecule has 6 rings (SSSR count). The van der Waals surface area contributed by atoms with Crippen LogP contribution in [-0.2, 0) is 9.84 Å². The van der Waals surface area contributed by atoms with Gasteiger partial charge in [0.15, 0.2) is 5.82 Å². The summed E-state index contributed by atoms with van der Waals surface area (Å²) in [4.78, 5) is 23.6. The van der Waals surface area contributed by atoms with E-state index in [4.69, 9.17) is 11.0 Å². The summed E-state index contributed by atoms with van der Waals surface area (Å²) in [6, 6.07) is 17.3. The van der Waals surface area contributed by atoms with Gasteiger partial charge in [-0.05, 0) is 92.8 Å². The molecule has 9 nitrogen and oxygen atoms in total. The van der Waals surface area contributed by atoms with Gasteiger partial charge in [-0.25, -0.2) is 18.4 Å². The Balaban J connectivity index is 0.000000161. The standard InChI is InChI=1S/C15H14N4O.C15H14N2O2S/c1-9-6-8-17-14-12(9)18-15(20)11-3-2-7-16-13(11)19(14)10-4-5-10;1-10-6-11(2)8-12(7-10)20(18,19)15-5-3-4-14(17)13(15)9-16/h2-3,6-8,10H,4-5H2,1H3,(H,18,20);3-8H,17H2,1-2H3. The van der Waals surface area contributed by atoms with E-state index in [2.05, 4.69) is 20.2 Å². The van der Waals surface area contributed by atoms with E-state index in [1.54, 1.807) is 30.6 Å². The van der Waals surface area contributed by atoms with Gasteiger partial charge in [0.1, 0.15) is 11.9 Å². The molecule has 3 N–H and O–H groups in total. The number of hydrogen-bond donors (Lipinski definition) is 2. The van der Waals surface area contributed by atoms with Gasteiger partial charge in [0.05, 0.1) is 32.3 Å². The van der Waals surface area contributed by atoms with E-state index >= 15 is 0 Å². The minimum atomic E-state index is -3.75. The van der Waals surface area contributed by atoms with Gasteiger partial charge in [0, 0.05) is 18.4 Å². The second-order valence-electron chi connectivity index (χ2n) is 9.92. The normalized spacial score (nSPS) is 14.1. The smallest absolute Gasteiger partial charge is 0.259 e. The highest BCUT2D eigenvalue weighted by Gasteiger charge is 2.37. The predicted molar refractivity (Wildman–Crippen MR) is 153 cm³/mol. The van der Waals surface area contributed by atoms with Gasteiger partial charge >= 0.3 is 0 Å². The molecule has 1 aliphatic heterocycles. The highest BCUT2D eigenvalue weighted by Crippen LogP contribution is 2.43. The molecular weight excluding hydrogens is 524 g/mol. The summed E-state index contributed by atoms with van der Waals surface area (Å²) in [7, 11) is -3.75. The van der Waals surface area contributed by atoms with Crippen molar-refractivity contribution in [3.63, 3.8) is 0 Å². The average molecular weight is 553 g/mol. The molecule has 1 fully saturated rings. The van der Waals surface area contributed by atoms with Gasteiger partial charge in [-0.2, -0.15) is 5.26 Å². The molecule has 0 bridgehead atoms. The summed E-state index contributed by atoms with van der Waals surface area (Å²) in [6.07, 6.45) is 5.73. The molecule has 2 aliphatic rings. The zero-order valence-electron chi connectivity index (χ0n) is 22.3. The average Bonchev–Trinajstić information content (AvgIpc) is 3.76. The summed E-state index contributed by atoms with van der Waals surface area (Å²) in [5.41, 5.74) is 9.96. The van der Waals surface area contributed by atoms with Gasteiger partial charge in [-0.3, -0.25) is 4.79 Å². The predicted octanol–water partition coefficient (Wildman–Crippen LogP) is 5.24. The number of benzene rings is 2. The summed E-state index contributed by atoms with van der Waals surface area (Å²) in [6.45, 7) is 5.64. The third-order valence-corrected chi connectivity index (χ3v) is 8.52. The van der Waals surface area contributed by atoms with Crippen LogP contribution in [0, 0.1) is 32.1 Å². The molecule has 0 spiro atoms. The fourth-order valence-corrected chi connectivity index (χ4v) is 6.34. The Kier molecular flexibility index (Phi) is 7.00. The van der Waals surface area contributed by atoms with Crippen molar-refractivity contribution in [3.8, 4) is 6.07 Å². The minimum Gasteiger partial charge on any atom is -0.398 e. The van der Waals surface area contributed by atoms with Crippen LogP contribution in [0.5, 0.6) is 0 Å². The SMILES string of the molecule is Cc1cc(C)cc(S(=O)(=O)c2cccc(N)c2C#N)c1.Cc1ccnc2c1NC(=O)c1cccnc1N2C1CC1. The first kappa shape index (κ1) is 26.8. The molecule has 0 saturated heterocycles. The number of aryl methyl sites for hydroxylation is 3. The molecule has 1 saturated carbocycles. The fourth-order valence-electron chi connectivity index (χ4n) is 4.71. The summed E-state index contributed by atoms with van der Waals surface area (Å²) < 4.78 is 25.3. The molecule has 0 radical (unpaired) electrons. The lowest BCUT2D eigenvalue weighted by atomic mass is 10.2. The quantitative estimate of drug-likeness (QED) is 0.329. The molecule has 3 heterocycles. The topological polar surface area (TPSA) is 142 Å². The number of fused-ring (bicyclic) bond motifs is 2. The second kappa shape index (κ2) is 10.4. The maximum absolute atomic E-state index is 12.7. The number of nitrogens with zero attached hydrogens (tertiary/aromatic N) is 4. The minimum absolute atomic E-state index is 0.00772. The number of nitriles is 1. The first-order valence-corrected chi connectivity index (χ1v) is 14.2. The Morgan fingerprint density at radius 2 is 1.68 bits per heavy atom. The molecule has 10 heteroatoms. The molecule has 40 heavy (non-hydrogen) atoms. The van der Waals surface area contributed by atoms with Crippen molar-refractivity contribution >= 4 is 38.8 Å². The van der Waals surface area contributed by atoms with Gasteiger partial charge < -0.3 is 16.0 Å². The molecule has 4 aromatic rings. The molecule has 0 unspecified atom stereocenters. The van der Waals surface area contributed by atoms with Crippen LogP contribution in [0.2, 0.25) is 0 Å². The van der Waals surface area contributed by atoms with E-state index < -0.39 is 9.84 Å². The van der Waals surface area contributed by atoms with Crippen LogP contribution < -0.4 is 16.0 Å². The van der Waals surface area contributed by atoms with Crippen LogP contribution in [0.3, 0.4) is 0 Å². The summed E-state index contributed by atoms with van der Waals surface area (Å²) in [5.74, 6) is 1.40. The number of carbonyl (C=O) groups excluding carboxylic acids is 1. The van der Waals surface area contributed by atoms with Crippen molar-refractivity contribution in [2.45, 2.75) is 49.4 Å². The van der Waals surface area contributed by atoms with Gasteiger partial charge in [-0.15, -0.1) is 0 Å². The van der Waals surface area contributed by atoms with Crippen molar-refractivity contribution in [2.24, 2.45) is 0 Å². The number of aromatic nitrogens is 2. The Labute approximate surface area is 233 Å². The third kappa shape index (κ3) is 4.99. The van der Waals surface area contributed by atoms with Crippen LogP contribution in [0.1, 0.15) is 45.5 Å². The van der Waals surface area contributed by atoms with Gasteiger partial charge in [0.25, 0.3) is 5.91 Å². The van der Waals surface area contributed by atoms with Crippen LogP contribution >= 0.6 is 0 Å². The number of nitrogens with two attached hydrogens (primary N) is 1. The highest BCUT2D eigenvalue weighted by atomic mass is 32.2. The first-order chi connectivity index (χ1) is 19.1. The number of rotatable bonds is 3. The number of pyridine rings is 2. The number of amides is 1. The number of nitrogen functional groups attached to an aromatic ring is 1. The van der Waals surface area contributed by atoms with Gasteiger partial charge in [0.2, 0.25) is 9.84 Å². The number of carbonyl (C=O) groups is 1. The van der Waals surface area contributed by atoms with E-state index in [9.17, 15) is 13.2 Å². The van der Waals surface area contributed by atoms with E-state index in [0.717, 1.165) is 41.0 Å². The molecule has 0 atom stereocenters. The number of nitrogens with one attached hydrogen (secondary N) is 1. The van der Waals surface area contributed by atoms with Crippen LogP contribution in [-0.4, -0.2) is 30.3 Å².